The number of aliphatic hydroxyl groups is 1. The Labute approximate surface area is 199 Å². The van der Waals surface area contributed by atoms with Crippen LogP contribution in [-0.4, -0.2) is 62.7 Å². The molecule has 3 aliphatic heterocycles. The van der Waals surface area contributed by atoms with E-state index in [4.69, 9.17) is 4.74 Å². The Bertz CT molecular complexity index is 991. The third kappa shape index (κ3) is 4.48. The second kappa shape index (κ2) is 9.44. The van der Waals surface area contributed by atoms with Gasteiger partial charge in [-0.25, -0.2) is 4.68 Å². The SMILES string of the molecule is CCc1cc2c(s1)CCO[C@@]21CCN(Cc2cn(C3CCC[C@H](CO)NC3=O)nn2)[C@@H](C)C1. The maximum absolute atomic E-state index is 12.6. The molecule has 33 heavy (non-hydrogen) atoms. The van der Waals surface area contributed by atoms with E-state index in [-0.39, 0.29) is 30.2 Å². The molecule has 2 aromatic rings. The second-order valence-electron chi connectivity index (χ2n) is 9.79. The Morgan fingerprint density at radius 1 is 1.39 bits per heavy atom. The smallest absolute Gasteiger partial charge is 0.245 e. The Morgan fingerprint density at radius 2 is 2.27 bits per heavy atom. The highest BCUT2D eigenvalue weighted by Gasteiger charge is 2.44. The first-order valence-electron chi connectivity index (χ1n) is 12.3. The van der Waals surface area contributed by atoms with E-state index >= 15 is 0 Å². The lowest BCUT2D eigenvalue weighted by molar-refractivity contribution is -0.125. The van der Waals surface area contributed by atoms with Gasteiger partial charge in [-0.1, -0.05) is 12.1 Å². The number of piperidine rings is 1. The summed E-state index contributed by atoms with van der Waals surface area (Å²) in [5.74, 6) is -0.0799. The van der Waals surface area contributed by atoms with E-state index < -0.39 is 0 Å². The summed E-state index contributed by atoms with van der Waals surface area (Å²) in [6.07, 6.45) is 8.41. The Balaban J connectivity index is 1.25. The highest BCUT2D eigenvalue weighted by atomic mass is 32.1. The van der Waals surface area contributed by atoms with Gasteiger partial charge in [-0.3, -0.25) is 9.69 Å². The van der Waals surface area contributed by atoms with E-state index in [2.05, 4.69) is 40.4 Å². The fourth-order valence-corrected chi connectivity index (χ4v) is 6.88. The van der Waals surface area contributed by atoms with Crippen LogP contribution in [0.5, 0.6) is 0 Å². The summed E-state index contributed by atoms with van der Waals surface area (Å²) in [7, 11) is 0. The number of hydrogen-bond acceptors (Lipinski definition) is 7. The van der Waals surface area contributed by atoms with Gasteiger partial charge in [0.15, 0.2) is 0 Å². The van der Waals surface area contributed by atoms with Crippen LogP contribution in [0.15, 0.2) is 12.3 Å². The molecule has 0 bridgehead atoms. The van der Waals surface area contributed by atoms with Gasteiger partial charge in [0.2, 0.25) is 5.91 Å². The summed E-state index contributed by atoms with van der Waals surface area (Å²) in [5.41, 5.74) is 2.18. The van der Waals surface area contributed by atoms with Crippen LogP contribution in [0.1, 0.15) is 73.0 Å². The average Bonchev–Trinajstić information content (AvgIpc) is 3.41. The van der Waals surface area contributed by atoms with E-state index in [1.165, 1.54) is 15.3 Å². The number of rotatable bonds is 5. The minimum absolute atomic E-state index is 0.0221. The van der Waals surface area contributed by atoms with Crippen molar-refractivity contribution >= 4 is 17.2 Å². The van der Waals surface area contributed by atoms with Gasteiger partial charge in [0, 0.05) is 35.3 Å². The molecule has 0 aliphatic carbocycles. The molecule has 1 unspecified atom stereocenters. The molecule has 5 rings (SSSR count). The van der Waals surface area contributed by atoms with Gasteiger partial charge in [-0.15, -0.1) is 16.4 Å². The molecule has 0 aromatic carbocycles. The molecule has 0 saturated carbocycles. The summed E-state index contributed by atoms with van der Waals surface area (Å²) in [6.45, 7) is 6.98. The molecule has 5 heterocycles. The molecule has 1 amide bonds. The number of likely N-dealkylation sites (tertiary alicyclic amines) is 1. The number of ether oxygens (including phenoxy) is 1. The van der Waals surface area contributed by atoms with Crippen LogP contribution in [-0.2, 0) is 34.5 Å². The lowest BCUT2D eigenvalue weighted by atomic mass is 9.79. The van der Waals surface area contributed by atoms with Crippen LogP contribution < -0.4 is 5.32 Å². The summed E-state index contributed by atoms with van der Waals surface area (Å²) < 4.78 is 8.17. The maximum Gasteiger partial charge on any atom is 0.245 e. The molecule has 2 fully saturated rings. The first-order chi connectivity index (χ1) is 16.0. The largest absolute Gasteiger partial charge is 0.394 e. The number of aryl methyl sites for hydroxylation is 1. The molecule has 8 nitrogen and oxygen atoms in total. The van der Waals surface area contributed by atoms with Crippen LogP contribution in [0.25, 0.3) is 0 Å². The molecule has 2 aromatic heterocycles. The number of nitrogens with zero attached hydrogens (tertiary/aromatic N) is 4. The van der Waals surface area contributed by atoms with E-state index in [0.717, 1.165) is 63.9 Å². The minimum atomic E-state index is -0.356. The van der Waals surface area contributed by atoms with Crippen LogP contribution in [0.2, 0.25) is 0 Å². The third-order valence-corrected chi connectivity index (χ3v) is 8.94. The van der Waals surface area contributed by atoms with Crippen molar-refractivity contribution in [2.24, 2.45) is 0 Å². The molecular weight excluding hydrogens is 438 g/mol. The third-order valence-electron chi connectivity index (χ3n) is 7.60. The summed E-state index contributed by atoms with van der Waals surface area (Å²) in [6, 6.07) is 2.24. The molecule has 2 N–H and O–H groups in total. The molecule has 0 radical (unpaired) electrons. The predicted molar refractivity (Wildman–Crippen MR) is 126 cm³/mol. The van der Waals surface area contributed by atoms with Gasteiger partial charge in [-0.2, -0.15) is 0 Å². The summed E-state index contributed by atoms with van der Waals surface area (Å²) in [5, 5.41) is 21.0. The molecule has 3 aliphatic rings. The fraction of sp³-hybridized carbons (Fsp3) is 0.708. The van der Waals surface area contributed by atoms with Crippen molar-refractivity contribution in [1.29, 1.82) is 0 Å². The summed E-state index contributed by atoms with van der Waals surface area (Å²) >= 11 is 1.97. The van der Waals surface area contributed by atoms with Crippen LogP contribution in [0.3, 0.4) is 0 Å². The molecule has 180 valence electrons. The standard InChI is InChI=1S/C24H35N5O3S/c1-3-19-11-20-22(33-19)7-10-32-24(20)8-9-28(16(2)12-24)13-18-14-29(27-26-18)21-6-4-5-17(15-30)25-23(21)31/h11,14,16-17,21,30H,3-10,12-13,15H2,1-2H3,(H,25,31)/t16-,17+,21?,24+/m0/s1. The highest BCUT2D eigenvalue weighted by molar-refractivity contribution is 7.12. The Morgan fingerprint density at radius 3 is 3.06 bits per heavy atom. The number of amides is 1. The average molecular weight is 474 g/mol. The van der Waals surface area contributed by atoms with Gasteiger partial charge in [0.25, 0.3) is 0 Å². The zero-order chi connectivity index (χ0) is 23.0. The monoisotopic (exact) mass is 473 g/mol. The topological polar surface area (TPSA) is 92.5 Å². The van der Waals surface area contributed by atoms with Crippen LogP contribution in [0, 0.1) is 0 Å². The number of hydrogen-bond donors (Lipinski definition) is 2. The first-order valence-corrected chi connectivity index (χ1v) is 13.1. The van der Waals surface area contributed by atoms with E-state index in [1.807, 2.05) is 17.5 Å². The van der Waals surface area contributed by atoms with Crippen molar-refractivity contribution in [3.8, 4) is 0 Å². The predicted octanol–water partition coefficient (Wildman–Crippen LogP) is 2.56. The Kier molecular flexibility index (Phi) is 6.57. The first kappa shape index (κ1) is 23.0. The summed E-state index contributed by atoms with van der Waals surface area (Å²) in [4.78, 5) is 18.0. The van der Waals surface area contributed by atoms with E-state index in [0.29, 0.717) is 12.5 Å². The van der Waals surface area contributed by atoms with Crippen molar-refractivity contribution < 1.29 is 14.6 Å². The Hall–Kier alpha value is -1.81. The number of carbonyl (C=O) groups is 1. The van der Waals surface area contributed by atoms with Crippen LogP contribution in [0.4, 0.5) is 0 Å². The highest BCUT2D eigenvalue weighted by Crippen LogP contribution is 2.46. The number of carbonyl (C=O) groups excluding carboxylic acids is 1. The van der Waals surface area contributed by atoms with Crippen molar-refractivity contribution in [2.45, 2.75) is 89.1 Å². The number of aliphatic hydroxyl groups excluding tert-OH is 1. The molecule has 2 saturated heterocycles. The van der Waals surface area contributed by atoms with Gasteiger partial charge in [-0.05, 0) is 57.1 Å². The molecule has 9 heteroatoms. The molecule has 4 atom stereocenters. The van der Waals surface area contributed by atoms with Crippen molar-refractivity contribution in [2.75, 3.05) is 19.8 Å². The second-order valence-corrected chi connectivity index (χ2v) is 11.0. The number of aromatic nitrogens is 3. The quantitative estimate of drug-likeness (QED) is 0.693. The van der Waals surface area contributed by atoms with E-state index in [1.54, 1.807) is 4.68 Å². The van der Waals surface area contributed by atoms with Gasteiger partial charge in [0.05, 0.1) is 36.7 Å². The zero-order valence-corrected chi connectivity index (χ0v) is 20.4. The lowest BCUT2D eigenvalue weighted by Crippen LogP contribution is -2.50. The van der Waals surface area contributed by atoms with Crippen molar-refractivity contribution in [3.63, 3.8) is 0 Å². The van der Waals surface area contributed by atoms with Gasteiger partial charge in [0.1, 0.15) is 6.04 Å². The number of fused-ring (bicyclic) bond motifs is 2. The minimum Gasteiger partial charge on any atom is -0.394 e. The van der Waals surface area contributed by atoms with E-state index in [9.17, 15) is 9.90 Å². The molecule has 1 spiro atoms. The normalized spacial score (nSPS) is 30.8. The van der Waals surface area contributed by atoms with Gasteiger partial charge < -0.3 is 15.2 Å². The fourth-order valence-electron chi connectivity index (χ4n) is 5.70. The van der Waals surface area contributed by atoms with Crippen molar-refractivity contribution in [3.05, 3.63) is 33.3 Å². The molecular formula is C24H35N5O3S. The maximum atomic E-state index is 12.6. The number of nitrogens with one attached hydrogen (secondary N) is 1. The van der Waals surface area contributed by atoms with Crippen LogP contribution >= 0.6 is 11.3 Å². The van der Waals surface area contributed by atoms with Gasteiger partial charge >= 0.3 is 0 Å². The zero-order valence-electron chi connectivity index (χ0n) is 19.6. The van der Waals surface area contributed by atoms with Crippen molar-refractivity contribution in [1.82, 2.24) is 25.2 Å². The number of thiophene rings is 1. The lowest BCUT2D eigenvalue weighted by Gasteiger charge is -2.47.